The van der Waals surface area contributed by atoms with Crippen molar-refractivity contribution < 1.29 is 0 Å². The maximum Gasteiger partial charge on any atom is -0.0351 e. The lowest BCUT2D eigenvalue weighted by Crippen LogP contribution is -1.98. The standard InChI is InChI=1S/C17H32/c1-4-7-9-10-11-12-13-14-16-17(6-3)15-8-5-2/h4-5,17H,1-2,6-16H2,3H3. The lowest BCUT2D eigenvalue weighted by atomic mass is 9.93. The highest BCUT2D eigenvalue weighted by Crippen LogP contribution is 2.19. The van der Waals surface area contributed by atoms with E-state index in [1.54, 1.807) is 0 Å². The van der Waals surface area contributed by atoms with Gasteiger partial charge in [0.25, 0.3) is 0 Å². The van der Waals surface area contributed by atoms with Crippen LogP contribution in [0.15, 0.2) is 25.3 Å². The Balaban J connectivity index is 3.24. The van der Waals surface area contributed by atoms with Crippen molar-refractivity contribution in [1.29, 1.82) is 0 Å². The Kier molecular flexibility index (Phi) is 13.1. The molecule has 0 nitrogen and oxygen atoms in total. The average Bonchev–Trinajstić information content (AvgIpc) is 2.36. The van der Waals surface area contributed by atoms with Crippen LogP contribution in [0.25, 0.3) is 0 Å². The third-order valence-corrected chi connectivity index (χ3v) is 3.63. The van der Waals surface area contributed by atoms with Crippen LogP contribution in [0.5, 0.6) is 0 Å². The smallest absolute Gasteiger partial charge is 0.0351 e. The molecule has 0 aliphatic carbocycles. The van der Waals surface area contributed by atoms with Crippen LogP contribution in [-0.4, -0.2) is 0 Å². The summed E-state index contributed by atoms with van der Waals surface area (Å²) in [4.78, 5) is 0. The van der Waals surface area contributed by atoms with Crippen molar-refractivity contribution in [1.82, 2.24) is 0 Å². The Morgan fingerprint density at radius 1 is 0.765 bits per heavy atom. The van der Waals surface area contributed by atoms with Gasteiger partial charge in [-0.3, -0.25) is 0 Å². The molecular weight excluding hydrogens is 204 g/mol. The number of rotatable bonds is 13. The summed E-state index contributed by atoms with van der Waals surface area (Å²) in [6, 6.07) is 0. The zero-order valence-corrected chi connectivity index (χ0v) is 11.9. The van der Waals surface area contributed by atoms with E-state index in [1.165, 1.54) is 70.6 Å². The molecule has 1 atom stereocenters. The molecule has 0 radical (unpaired) electrons. The van der Waals surface area contributed by atoms with E-state index >= 15 is 0 Å². The monoisotopic (exact) mass is 236 g/mol. The van der Waals surface area contributed by atoms with Gasteiger partial charge in [0.05, 0.1) is 0 Å². The molecule has 0 saturated carbocycles. The van der Waals surface area contributed by atoms with E-state index in [0.717, 1.165) is 5.92 Å². The van der Waals surface area contributed by atoms with Gasteiger partial charge in [0.1, 0.15) is 0 Å². The molecule has 0 aromatic carbocycles. The number of hydrogen-bond donors (Lipinski definition) is 0. The van der Waals surface area contributed by atoms with Gasteiger partial charge >= 0.3 is 0 Å². The summed E-state index contributed by atoms with van der Waals surface area (Å²) in [5, 5.41) is 0. The highest BCUT2D eigenvalue weighted by atomic mass is 14.1. The molecule has 0 saturated heterocycles. The first-order chi connectivity index (χ1) is 8.35. The fourth-order valence-corrected chi connectivity index (χ4v) is 2.33. The lowest BCUT2D eigenvalue weighted by Gasteiger charge is -2.13. The van der Waals surface area contributed by atoms with E-state index in [-0.39, 0.29) is 0 Å². The van der Waals surface area contributed by atoms with Gasteiger partial charge in [-0.1, -0.05) is 64.0 Å². The molecule has 0 spiro atoms. The predicted octanol–water partition coefficient (Wildman–Crippen LogP) is 6.29. The van der Waals surface area contributed by atoms with Crippen molar-refractivity contribution in [2.75, 3.05) is 0 Å². The predicted molar refractivity (Wildman–Crippen MR) is 80.3 cm³/mol. The number of unbranched alkanes of at least 4 members (excludes halogenated alkanes) is 6. The molecule has 0 N–H and O–H groups in total. The number of hydrogen-bond acceptors (Lipinski definition) is 0. The van der Waals surface area contributed by atoms with E-state index in [1.807, 2.05) is 6.08 Å². The topological polar surface area (TPSA) is 0 Å². The van der Waals surface area contributed by atoms with Gasteiger partial charge < -0.3 is 0 Å². The average molecular weight is 236 g/mol. The SMILES string of the molecule is C=CCCCCCCCCC(CC)CCC=C. The van der Waals surface area contributed by atoms with Crippen LogP contribution >= 0.6 is 0 Å². The van der Waals surface area contributed by atoms with Crippen LogP contribution in [-0.2, 0) is 0 Å². The molecule has 17 heavy (non-hydrogen) atoms. The molecule has 1 unspecified atom stereocenters. The van der Waals surface area contributed by atoms with Crippen LogP contribution < -0.4 is 0 Å². The van der Waals surface area contributed by atoms with Crippen molar-refractivity contribution in [2.24, 2.45) is 5.92 Å². The molecule has 0 bridgehead atoms. The molecule has 0 fully saturated rings. The minimum absolute atomic E-state index is 0.939. The second kappa shape index (κ2) is 13.5. The van der Waals surface area contributed by atoms with Crippen LogP contribution in [0, 0.1) is 5.92 Å². The lowest BCUT2D eigenvalue weighted by molar-refractivity contribution is 0.414. The highest BCUT2D eigenvalue weighted by molar-refractivity contribution is 4.69. The number of allylic oxidation sites excluding steroid dienone is 2. The Labute approximate surface area is 109 Å². The van der Waals surface area contributed by atoms with Crippen molar-refractivity contribution in [3.05, 3.63) is 25.3 Å². The van der Waals surface area contributed by atoms with Crippen molar-refractivity contribution in [3.8, 4) is 0 Å². The highest BCUT2D eigenvalue weighted by Gasteiger charge is 2.04. The van der Waals surface area contributed by atoms with Gasteiger partial charge in [-0.25, -0.2) is 0 Å². The van der Waals surface area contributed by atoms with E-state index in [9.17, 15) is 0 Å². The summed E-state index contributed by atoms with van der Waals surface area (Å²) in [6.45, 7) is 9.88. The van der Waals surface area contributed by atoms with E-state index in [2.05, 4.69) is 26.2 Å². The Morgan fingerprint density at radius 3 is 1.94 bits per heavy atom. The maximum atomic E-state index is 3.81. The van der Waals surface area contributed by atoms with E-state index in [4.69, 9.17) is 0 Å². The van der Waals surface area contributed by atoms with Gasteiger partial charge in [0.2, 0.25) is 0 Å². The van der Waals surface area contributed by atoms with Gasteiger partial charge in [0, 0.05) is 0 Å². The van der Waals surface area contributed by atoms with E-state index in [0.29, 0.717) is 0 Å². The molecule has 0 aromatic heterocycles. The van der Waals surface area contributed by atoms with Crippen LogP contribution in [0.1, 0.15) is 77.6 Å². The summed E-state index contributed by atoms with van der Waals surface area (Å²) in [7, 11) is 0. The first kappa shape index (κ1) is 16.5. The molecule has 100 valence electrons. The van der Waals surface area contributed by atoms with Crippen LogP contribution in [0.4, 0.5) is 0 Å². The third kappa shape index (κ3) is 11.7. The Hall–Kier alpha value is -0.520. The molecule has 0 heterocycles. The minimum atomic E-state index is 0.939. The summed E-state index contributed by atoms with van der Waals surface area (Å²) in [5.74, 6) is 0.939. The largest absolute Gasteiger partial charge is 0.103 e. The third-order valence-electron chi connectivity index (χ3n) is 3.63. The van der Waals surface area contributed by atoms with Crippen molar-refractivity contribution in [3.63, 3.8) is 0 Å². The van der Waals surface area contributed by atoms with Crippen LogP contribution in [0.3, 0.4) is 0 Å². The fraction of sp³-hybridized carbons (Fsp3) is 0.765. The Morgan fingerprint density at radius 2 is 1.35 bits per heavy atom. The van der Waals surface area contributed by atoms with Gasteiger partial charge in [-0.15, -0.1) is 13.2 Å². The normalized spacial score (nSPS) is 12.3. The van der Waals surface area contributed by atoms with Crippen LogP contribution in [0.2, 0.25) is 0 Å². The quantitative estimate of drug-likeness (QED) is 0.260. The van der Waals surface area contributed by atoms with Crippen molar-refractivity contribution in [2.45, 2.75) is 77.6 Å². The van der Waals surface area contributed by atoms with Gasteiger partial charge in [-0.2, -0.15) is 0 Å². The fourth-order valence-electron chi connectivity index (χ4n) is 2.33. The second-order valence-electron chi connectivity index (χ2n) is 5.13. The first-order valence-electron chi connectivity index (χ1n) is 7.56. The zero-order valence-electron chi connectivity index (χ0n) is 11.9. The summed E-state index contributed by atoms with van der Waals surface area (Å²) in [6.07, 6.45) is 19.0. The summed E-state index contributed by atoms with van der Waals surface area (Å²) < 4.78 is 0. The Bertz CT molecular complexity index is 169. The zero-order chi connectivity index (χ0) is 12.8. The molecule has 0 aliphatic rings. The molecule has 0 aliphatic heterocycles. The second-order valence-corrected chi connectivity index (χ2v) is 5.13. The molecule has 0 heteroatoms. The van der Waals surface area contributed by atoms with Gasteiger partial charge in [0.15, 0.2) is 0 Å². The molecule has 0 rings (SSSR count). The summed E-state index contributed by atoms with van der Waals surface area (Å²) >= 11 is 0. The summed E-state index contributed by atoms with van der Waals surface area (Å²) in [5.41, 5.74) is 0. The molecular formula is C17H32. The molecule has 0 aromatic rings. The van der Waals surface area contributed by atoms with Crippen molar-refractivity contribution >= 4 is 0 Å². The maximum absolute atomic E-state index is 3.81. The van der Waals surface area contributed by atoms with Gasteiger partial charge in [-0.05, 0) is 31.6 Å². The minimum Gasteiger partial charge on any atom is -0.103 e. The molecule has 0 amide bonds. The first-order valence-corrected chi connectivity index (χ1v) is 7.56. The van der Waals surface area contributed by atoms with E-state index < -0.39 is 0 Å².